The number of hydrogen-bond donors (Lipinski definition) is 1. The van der Waals surface area contributed by atoms with Crippen LogP contribution in [0.5, 0.6) is 0 Å². The quantitative estimate of drug-likeness (QED) is 0.573. The van der Waals surface area contributed by atoms with Crippen molar-refractivity contribution < 1.29 is 51.7 Å². The molecule has 0 aliphatic heterocycles. The summed E-state index contributed by atoms with van der Waals surface area (Å²) < 4.78 is 15.8. The van der Waals surface area contributed by atoms with Gasteiger partial charge in [0.05, 0.1) is 0 Å². The minimum Gasteiger partial charge on any atom is -0.381 e. The summed E-state index contributed by atoms with van der Waals surface area (Å²) in [7, 11) is -2.12. The SMILES string of the molecule is Cc1ccc(C(C)(O)c2ccc(C(=O)CO[PH](C)=O)cc2)cc1.[Y]. The molecule has 1 N–H and O–H groups in total. The number of aryl methyl sites for hydroxylation is 1. The zero-order valence-corrected chi connectivity index (χ0v) is 17.9. The zero-order chi connectivity index (χ0) is 17.0. The second-order valence-electron chi connectivity index (χ2n) is 5.72. The predicted octanol–water partition coefficient (Wildman–Crippen LogP) is 3.55. The zero-order valence-electron chi connectivity index (χ0n) is 14.1. The molecule has 4 nitrogen and oxygen atoms in total. The van der Waals surface area contributed by atoms with Crippen molar-refractivity contribution in [3.63, 3.8) is 0 Å². The minimum atomic E-state index is -2.12. The van der Waals surface area contributed by atoms with E-state index in [9.17, 15) is 14.5 Å². The molecule has 0 fully saturated rings. The Morgan fingerprint density at radius 1 is 1.08 bits per heavy atom. The van der Waals surface area contributed by atoms with Gasteiger partial charge in [0.1, 0.15) is 12.2 Å². The molecule has 0 heterocycles. The summed E-state index contributed by atoms with van der Waals surface area (Å²) in [5.74, 6) is -0.230. The topological polar surface area (TPSA) is 63.6 Å². The third-order valence-corrected chi connectivity index (χ3v) is 4.34. The molecular weight excluding hydrogens is 400 g/mol. The van der Waals surface area contributed by atoms with Crippen LogP contribution < -0.4 is 0 Å². The molecule has 2 unspecified atom stereocenters. The first-order valence-corrected chi connectivity index (χ1v) is 9.19. The molecule has 0 amide bonds. The van der Waals surface area contributed by atoms with Gasteiger partial charge in [-0.3, -0.25) is 9.36 Å². The summed E-state index contributed by atoms with van der Waals surface area (Å²) in [4.78, 5) is 11.9. The van der Waals surface area contributed by atoms with Gasteiger partial charge >= 0.3 is 0 Å². The first kappa shape index (κ1) is 21.4. The third-order valence-electron chi connectivity index (χ3n) is 3.79. The number of aliphatic hydroxyl groups is 1. The van der Waals surface area contributed by atoms with E-state index in [0.29, 0.717) is 11.1 Å². The molecule has 1 radical (unpaired) electrons. The Bertz CT molecular complexity index is 709. The maximum Gasteiger partial charge on any atom is 0.189 e. The Hall–Kier alpha value is -0.636. The maximum absolute atomic E-state index is 11.9. The predicted molar refractivity (Wildman–Crippen MR) is 91.5 cm³/mol. The molecule has 0 saturated carbocycles. The number of ketones is 1. The normalized spacial score (nSPS) is 14.3. The fraction of sp³-hybridized carbons (Fsp3) is 0.278. The van der Waals surface area contributed by atoms with Crippen molar-refractivity contribution in [2.24, 2.45) is 0 Å². The summed E-state index contributed by atoms with van der Waals surface area (Å²) in [6, 6.07) is 14.4. The average Bonchev–Trinajstić information content (AvgIpc) is 2.53. The average molecular weight is 421 g/mol. The summed E-state index contributed by atoms with van der Waals surface area (Å²) in [5.41, 5.74) is 1.94. The van der Waals surface area contributed by atoms with Crippen LogP contribution in [0.2, 0.25) is 0 Å². The number of rotatable bonds is 6. The van der Waals surface area contributed by atoms with Crippen LogP contribution in [0.25, 0.3) is 0 Å². The van der Waals surface area contributed by atoms with E-state index in [4.69, 9.17) is 4.52 Å². The Kier molecular flexibility index (Phi) is 8.18. The van der Waals surface area contributed by atoms with Gasteiger partial charge < -0.3 is 9.63 Å². The molecule has 0 spiro atoms. The van der Waals surface area contributed by atoms with E-state index < -0.39 is 13.6 Å². The van der Waals surface area contributed by atoms with E-state index in [1.54, 1.807) is 31.2 Å². The van der Waals surface area contributed by atoms with Crippen LogP contribution in [0.4, 0.5) is 0 Å². The fourth-order valence-electron chi connectivity index (χ4n) is 2.28. The molecule has 2 aromatic rings. The van der Waals surface area contributed by atoms with E-state index >= 15 is 0 Å². The van der Waals surface area contributed by atoms with Crippen LogP contribution in [0, 0.1) is 6.92 Å². The molecule has 0 aliphatic rings. The van der Waals surface area contributed by atoms with Crippen molar-refractivity contribution in [3.05, 3.63) is 70.8 Å². The molecule has 0 aliphatic carbocycles. The van der Waals surface area contributed by atoms with Gasteiger partial charge in [0.2, 0.25) is 0 Å². The smallest absolute Gasteiger partial charge is 0.189 e. The number of benzene rings is 2. The van der Waals surface area contributed by atoms with Gasteiger partial charge in [0.25, 0.3) is 0 Å². The molecular formula is C18H21O4PY. The molecule has 0 aromatic heterocycles. The Balaban J connectivity index is 0.00000288. The van der Waals surface area contributed by atoms with Crippen molar-refractivity contribution in [2.45, 2.75) is 19.4 Å². The van der Waals surface area contributed by atoms with Gasteiger partial charge in [0.15, 0.2) is 13.8 Å². The Morgan fingerprint density at radius 2 is 1.54 bits per heavy atom. The summed E-state index contributed by atoms with van der Waals surface area (Å²) in [5, 5.41) is 10.8. The van der Waals surface area contributed by atoms with Crippen molar-refractivity contribution in [1.29, 1.82) is 0 Å². The van der Waals surface area contributed by atoms with Gasteiger partial charge in [0, 0.05) is 44.9 Å². The largest absolute Gasteiger partial charge is 0.381 e. The first-order chi connectivity index (χ1) is 10.8. The number of hydrogen-bond acceptors (Lipinski definition) is 4. The second kappa shape index (κ2) is 9.17. The Morgan fingerprint density at radius 3 is 2.00 bits per heavy atom. The van der Waals surface area contributed by atoms with E-state index in [1.165, 1.54) is 6.66 Å². The van der Waals surface area contributed by atoms with Crippen LogP contribution in [-0.2, 0) is 47.4 Å². The van der Waals surface area contributed by atoms with Gasteiger partial charge in [-0.25, -0.2) is 0 Å². The molecule has 125 valence electrons. The maximum atomic E-state index is 11.9. The van der Waals surface area contributed by atoms with Crippen LogP contribution in [0.3, 0.4) is 0 Å². The van der Waals surface area contributed by atoms with Gasteiger partial charge in [-0.15, -0.1) is 0 Å². The minimum absolute atomic E-state index is 0. The second-order valence-corrected chi connectivity index (χ2v) is 6.99. The van der Waals surface area contributed by atoms with E-state index in [0.717, 1.165) is 11.1 Å². The third kappa shape index (κ3) is 5.44. The first-order valence-electron chi connectivity index (χ1n) is 7.37. The molecule has 2 atom stereocenters. The van der Waals surface area contributed by atoms with Crippen molar-refractivity contribution in [3.8, 4) is 0 Å². The summed E-state index contributed by atoms with van der Waals surface area (Å²) in [6.07, 6.45) is 0. The fourth-order valence-corrected chi connectivity index (χ4v) is 2.61. The van der Waals surface area contributed by atoms with Gasteiger partial charge in [-0.2, -0.15) is 0 Å². The molecule has 6 heteroatoms. The number of carbonyl (C=O) groups excluding carboxylic acids is 1. The van der Waals surface area contributed by atoms with Crippen LogP contribution in [-0.4, -0.2) is 24.2 Å². The molecule has 2 aromatic carbocycles. The molecule has 2 rings (SSSR count). The molecule has 0 bridgehead atoms. The number of carbonyl (C=O) groups is 1. The van der Waals surface area contributed by atoms with Crippen molar-refractivity contribution in [1.82, 2.24) is 0 Å². The van der Waals surface area contributed by atoms with E-state index in [2.05, 4.69) is 0 Å². The van der Waals surface area contributed by atoms with Crippen LogP contribution in [0.1, 0.15) is 34.0 Å². The van der Waals surface area contributed by atoms with E-state index in [1.807, 2.05) is 31.2 Å². The monoisotopic (exact) mass is 421 g/mol. The van der Waals surface area contributed by atoms with Crippen molar-refractivity contribution >= 4 is 13.8 Å². The van der Waals surface area contributed by atoms with E-state index in [-0.39, 0.29) is 45.1 Å². The Labute approximate surface area is 168 Å². The molecule has 0 saturated heterocycles. The standard InChI is InChI=1S/C18H21O4P.Y/c1-13-4-8-15(9-5-13)18(2,20)16-10-6-14(7-11-16)17(19)12-22-23(3)21;/h4-11,20,23H,12H2,1-3H3;. The van der Waals surface area contributed by atoms with Gasteiger partial charge in [-0.1, -0.05) is 54.1 Å². The van der Waals surface area contributed by atoms with Crippen molar-refractivity contribution in [2.75, 3.05) is 13.3 Å². The van der Waals surface area contributed by atoms with Gasteiger partial charge in [-0.05, 0) is 25.0 Å². The summed E-state index contributed by atoms with van der Waals surface area (Å²) in [6.45, 7) is 4.97. The molecule has 24 heavy (non-hydrogen) atoms. The van der Waals surface area contributed by atoms with Crippen LogP contribution in [0.15, 0.2) is 48.5 Å². The van der Waals surface area contributed by atoms with Crippen LogP contribution >= 0.6 is 8.03 Å². The number of Topliss-reactive ketones (excluding diaryl/α,β-unsaturated/α-hetero) is 1. The summed E-state index contributed by atoms with van der Waals surface area (Å²) >= 11 is 0.